The first-order valence-corrected chi connectivity index (χ1v) is 9.87. The van der Waals surface area contributed by atoms with E-state index in [2.05, 4.69) is 9.80 Å². The maximum atomic E-state index is 14.0. The Morgan fingerprint density at radius 2 is 1.50 bits per heavy atom. The molecule has 0 bridgehead atoms. The van der Waals surface area contributed by atoms with E-state index in [0.717, 1.165) is 45.0 Å². The fourth-order valence-electron chi connectivity index (χ4n) is 4.12. The molecule has 3 rings (SSSR count). The number of hydrogen-bond acceptors (Lipinski definition) is 4. The Bertz CT molecular complexity index is 710. The number of halogens is 6. The molecule has 2 aliphatic heterocycles. The van der Waals surface area contributed by atoms with E-state index in [1.165, 1.54) is 0 Å². The molecule has 0 amide bonds. The fraction of sp³-hybridized carbons (Fsp3) is 0.650. The van der Waals surface area contributed by atoms with Crippen molar-refractivity contribution in [2.24, 2.45) is 5.92 Å². The molecule has 0 N–H and O–H groups in total. The molecular weight excluding hydrogens is 445 g/mol. The van der Waals surface area contributed by atoms with Gasteiger partial charge in [0.15, 0.2) is 23.3 Å². The van der Waals surface area contributed by atoms with Gasteiger partial charge in [0, 0.05) is 32.2 Å². The number of rotatable bonds is 6. The maximum Gasteiger partial charge on any atom is 0.199 e. The zero-order valence-corrected chi connectivity index (χ0v) is 18.6. The molecule has 2 saturated heterocycles. The van der Waals surface area contributed by atoms with Gasteiger partial charge < -0.3 is 4.90 Å². The van der Waals surface area contributed by atoms with Crippen molar-refractivity contribution < 1.29 is 22.4 Å². The van der Waals surface area contributed by atoms with Gasteiger partial charge in [0.2, 0.25) is 0 Å². The van der Waals surface area contributed by atoms with Crippen LogP contribution in [0.25, 0.3) is 0 Å². The van der Waals surface area contributed by atoms with E-state index in [1.54, 1.807) is 11.8 Å². The molecule has 0 aliphatic carbocycles. The fourth-order valence-corrected chi connectivity index (χ4v) is 4.12. The summed E-state index contributed by atoms with van der Waals surface area (Å²) in [5.41, 5.74) is -0.214. The average molecular weight is 474 g/mol. The monoisotopic (exact) mass is 473 g/mol. The summed E-state index contributed by atoms with van der Waals surface area (Å²) in [7, 11) is 0. The van der Waals surface area contributed by atoms with Gasteiger partial charge in [0.05, 0.1) is 12.2 Å². The SMILES string of the molecule is CC(=O)CN1CCC(CCN2CCN(c3cc(F)c(F)c(F)c3F)CC2)CC1.Cl.Cl. The Hall–Kier alpha value is -1.09. The molecule has 0 radical (unpaired) electrons. The molecule has 172 valence electrons. The van der Waals surface area contributed by atoms with Gasteiger partial charge >= 0.3 is 0 Å². The van der Waals surface area contributed by atoms with Crippen LogP contribution in [0.2, 0.25) is 0 Å². The minimum atomic E-state index is -1.77. The predicted molar refractivity (Wildman–Crippen MR) is 114 cm³/mol. The van der Waals surface area contributed by atoms with Crippen molar-refractivity contribution in [3.63, 3.8) is 0 Å². The summed E-state index contributed by atoms with van der Waals surface area (Å²) in [5.74, 6) is -5.38. The van der Waals surface area contributed by atoms with E-state index in [-0.39, 0.29) is 36.3 Å². The number of carbonyl (C=O) groups excluding carboxylic acids is 1. The molecule has 0 aromatic heterocycles. The highest BCUT2D eigenvalue weighted by Crippen LogP contribution is 2.27. The Balaban J connectivity index is 0.00000225. The van der Waals surface area contributed by atoms with Crippen molar-refractivity contribution in [2.75, 3.05) is 57.3 Å². The van der Waals surface area contributed by atoms with E-state index >= 15 is 0 Å². The summed E-state index contributed by atoms with van der Waals surface area (Å²) in [6.07, 6.45) is 3.25. The molecule has 0 spiro atoms. The standard InChI is InChI=1S/C20H27F4N3O.2ClH/c1-14(28)13-26-6-3-15(4-7-26)2-5-25-8-10-27(11-9-25)17-12-16(21)18(22)20(24)19(17)23;;/h12,15H,2-11,13H2,1H3;2*1H. The third-order valence-electron chi connectivity index (χ3n) is 5.80. The summed E-state index contributed by atoms with van der Waals surface area (Å²) in [5, 5.41) is 0. The van der Waals surface area contributed by atoms with Crippen LogP contribution in [0.5, 0.6) is 0 Å². The van der Waals surface area contributed by atoms with Crippen molar-refractivity contribution >= 4 is 36.3 Å². The largest absolute Gasteiger partial charge is 0.366 e. The van der Waals surface area contributed by atoms with E-state index in [9.17, 15) is 22.4 Å². The Labute approximate surface area is 187 Å². The molecule has 0 unspecified atom stereocenters. The van der Waals surface area contributed by atoms with E-state index < -0.39 is 23.3 Å². The third-order valence-corrected chi connectivity index (χ3v) is 5.80. The van der Waals surface area contributed by atoms with Crippen molar-refractivity contribution in [3.05, 3.63) is 29.3 Å². The van der Waals surface area contributed by atoms with Gasteiger partial charge in [-0.2, -0.15) is 0 Å². The highest BCUT2D eigenvalue weighted by atomic mass is 35.5. The second-order valence-corrected chi connectivity index (χ2v) is 7.86. The normalized spacial score (nSPS) is 18.6. The van der Waals surface area contributed by atoms with Gasteiger partial charge in [0.1, 0.15) is 5.78 Å². The number of piperidine rings is 1. The van der Waals surface area contributed by atoms with E-state index in [4.69, 9.17) is 0 Å². The maximum absolute atomic E-state index is 14.0. The summed E-state index contributed by atoms with van der Waals surface area (Å²) in [6.45, 7) is 7.23. The van der Waals surface area contributed by atoms with E-state index in [1.807, 2.05) is 0 Å². The highest BCUT2D eigenvalue weighted by molar-refractivity contribution is 5.85. The molecule has 4 nitrogen and oxygen atoms in total. The number of likely N-dealkylation sites (tertiary alicyclic amines) is 1. The number of nitrogens with zero attached hydrogens (tertiary/aromatic N) is 3. The number of ketones is 1. The molecule has 0 atom stereocenters. The summed E-state index contributed by atoms with van der Waals surface area (Å²) >= 11 is 0. The Morgan fingerprint density at radius 3 is 2.07 bits per heavy atom. The minimum absolute atomic E-state index is 0. The topological polar surface area (TPSA) is 26.8 Å². The minimum Gasteiger partial charge on any atom is -0.366 e. The zero-order valence-electron chi connectivity index (χ0n) is 17.0. The highest BCUT2D eigenvalue weighted by Gasteiger charge is 2.26. The smallest absolute Gasteiger partial charge is 0.199 e. The lowest BCUT2D eigenvalue weighted by molar-refractivity contribution is -0.118. The van der Waals surface area contributed by atoms with Crippen LogP contribution in [0.4, 0.5) is 23.2 Å². The number of carbonyl (C=O) groups is 1. The van der Waals surface area contributed by atoms with E-state index in [0.29, 0.717) is 38.6 Å². The summed E-state index contributed by atoms with van der Waals surface area (Å²) < 4.78 is 54.0. The van der Waals surface area contributed by atoms with Crippen LogP contribution in [0, 0.1) is 29.2 Å². The van der Waals surface area contributed by atoms with Crippen molar-refractivity contribution in [2.45, 2.75) is 26.2 Å². The number of Topliss-reactive ketones (excluding diaryl/α,β-unsaturated/α-hetero) is 1. The molecule has 10 heteroatoms. The molecule has 1 aromatic rings. The van der Waals surface area contributed by atoms with Crippen molar-refractivity contribution in [1.29, 1.82) is 0 Å². The lowest BCUT2D eigenvalue weighted by atomic mass is 9.93. The van der Waals surface area contributed by atoms with Crippen LogP contribution in [-0.4, -0.2) is 67.9 Å². The molecule has 2 heterocycles. The molecule has 30 heavy (non-hydrogen) atoms. The summed E-state index contributed by atoms with van der Waals surface area (Å²) in [4.78, 5) is 17.2. The lowest BCUT2D eigenvalue weighted by Gasteiger charge is -2.37. The summed E-state index contributed by atoms with van der Waals surface area (Å²) in [6, 6.07) is 0.734. The van der Waals surface area contributed by atoms with Gasteiger partial charge in [-0.3, -0.25) is 14.6 Å². The molecule has 1 aromatic carbocycles. The number of benzene rings is 1. The van der Waals surface area contributed by atoms with Crippen LogP contribution in [0.15, 0.2) is 6.07 Å². The van der Waals surface area contributed by atoms with Crippen LogP contribution in [-0.2, 0) is 4.79 Å². The van der Waals surface area contributed by atoms with Gasteiger partial charge in [-0.05, 0) is 51.7 Å². The van der Waals surface area contributed by atoms with Gasteiger partial charge in [0.25, 0.3) is 0 Å². The van der Waals surface area contributed by atoms with Crippen LogP contribution >= 0.6 is 24.8 Å². The number of piperazine rings is 1. The molecular formula is C20H29Cl2F4N3O. The zero-order chi connectivity index (χ0) is 20.3. The second-order valence-electron chi connectivity index (χ2n) is 7.86. The predicted octanol–water partition coefficient (Wildman–Crippen LogP) is 3.90. The first-order valence-electron chi connectivity index (χ1n) is 9.87. The van der Waals surface area contributed by atoms with Crippen molar-refractivity contribution in [3.8, 4) is 0 Å². The first-order chi connectivity index (χ1) is 13.3. The molecule has 2 aliphatic rings. The van der Waals surface area contributed by atoms with Gasteiger partial charge in [-0.25, -0.2) is 17.6 Å². The second kappa shape index (κ2) is 12.1. The van der Waals surface area contributed by atoms with Gasteiger partial charge in [-0.1, -0.05) is 0 Å². The van der Waals surface area contributed by atoms with Crippen LogP contribution < -0.4 is 4.90 Å². The Morgan fingerprint density at radius 1 is 0.900 bits per heavy atom. The molecule has 0 saturated carbocycles. The molecule has 2 fully saturated rings. The van der Waals surface area contributed by atoms with Crippen molar-refractivity contribution in [1.82, 2.24) is 9.80 Å². The Kier molecular flexibility index (Phi) is 10.8. The number of anilines is 1. The average Bonchev–Trinajstić information content (AvgIpc) is 2.69. The van der Waals surface area contributed by atoms with Crippen LogP contribution in [0.1, 0.15) is 26.2 Å². The van der Waals surface area contributed by atoms with Crippen LogP contribution in [0.3, 0.4) is 0 Å². The lowest BCUT2D eigenvalue weighted by Crippen LogP contribution is -2.47. The third kappa shape index (κ3) is 6.70. The first kappa shape index (κ1) is 26.9. The quantitative estimate of drug-likeness (QED) is 0.355. The van der Waals surface area contributed by atoms with Gasteiger partial charge in [-0.15, -0.1) is 24.8 Å². The number of hydrogen-bond donors (Lipinski definition) is 0.